The van der Waals surface area contributed by atoms with Crippen molar-refractivity contribution in [3.05, 3.63) is 47.3 Å². The van der Waals surface area contributed by atoms with Gasteiger partial charge in [-0.05, 0) is 37.0 Å². The van der Waals surface area contributed by atoms with Gasteiger partial charge >= 0.3 is 0 Å². The molecule has 0 amide bonds. The smallest absolute Gasteiger partial charge is 0.136 e. The summed E-state index contributed by atoms with van der Waals surface area (Å²) in [5.74, 6) is 1.16. The van der Waals surface area contributed by atoms with Crippen molar-refractivity contribution in [2.45, 2.75) is 25.2 Å². The lowest BCUT2D eigenvalue weighted by atomic mass is 10.1. The van der Waals surface area contributed by atoms with Gasteiger partial charge in [0, 0.05) is 24.6 Å². The van der Waals surface area contributed by atoms with Gasteiger partial charge in [0.2, 0.25) is 0 Å². The van der Waals surface area contributed by atoms with E-state index < -0.39 is 11.6 Å². The molecule has 1 aromatic heterocycles. The van der Waals surface area contributed by atoms with Crippen LogP contribution in [0.3, 0.4) is 0 Å². The van der Waals surface area contributed by atoms with Crippen LogP contribution in [0.15, 0.2) is 24.3 Å². The lowest BCUT2D eigenvalue weighted by molar-refractivity contribution is 0.580. The van der Waals surface area contributed by atoms with E-state index in [1.807, 2.05) is 0 Å². The van der Waals surface area contributed by atoms with Crippen LogP contribution in [0.4, 0.5) is 20.4 Å². The van der Waals surface area contributed by atoms with Gasteiger partial charge in [-0.25, -0.2) is 18.7 Å². The Kier molecular flexibility index (Phi) is 3.68. The predicted molar refractivity (Wildman–Crippen MR) is 77.0 cm³/mol. The maximum atomic E-state index is 13.1. The Bertz CT molecular complexity index is 636. The van der Waals surface area contributed by atoms with Crippen LogP contribution in [0.1, 0.15) is 30.1 Å². The van der Waals surface area contributed by atoms with E-state index in [0.29, 0.717) is 36.1 Å². The zero-order chi connectivity index (χ0) is 14.8. The van der Waals surface area contributed by atoms with E-state index in [4.69, 9.17) is 5.73 Å². The first kappa shape index (κ1) is 13.7. The van der Waals surface area contributed by atoms with Crippen LogP contribution in [0, 0.1) is 11.6 Å². The van der Waals surface area contributed by atoms with Gasteiger partial charge in [-0.1, -0.05) is 0 Å². The SMILES string of the molecule is Nc1cc(NCCc2cc(F)cc(F)c2)nc(C2CC2)n1. The molecule has 1 saturated carbocycles. The average molecular weight is 290 g/mol. The molecule has 21 heavy (non-hydrogen) atoms. The third-order valence-corrected chi connectivity index (χ3v) is 3.35. The Morgan fingerprint density at radius 1 is 1.10 bits per heavy atom. The summed E-state index contributed by atoms with van der Waals surface area (Å²) in [6.07, 6.45) is 2.70. The molecule has 0 radical (unpaired) electrons. The molecule has 4 nitrogen and oxygen atoms in total. The summed E-state index contributed by atoms with van der Waals surface area (Å²) in [6.45, 7) is 0.517. The first-order valence-electron chi connectivity index (χ1n) is 6.93. The number of anilines is 2. The van der Waals surface area contributed by atoms with E-state index in [-0.39, 0.29) is 0 Å². The van der Waals surface area contributed by atoms with Crippen molar-refractivity contribution in [2.24, 2.45) is 0 Å². The molecule has 0 spiro atoms. The number of nitrogens with zero attached hydrogens (tertiary/aromatic N) is 2. The fraction of sp³-hybridized carbons (Fsp3) is 0.333. The van der Waals surface area contributed by atoms with Crippen LogP contribution in [-0.2, 0) is 6.42 Å². The molecule has 0 aliphatic heterocycles. The van der Waals surface area contributed by atoms with Gasteiger partial charge in [0.25, 0.3) is 0 Å². The second-order valence-corrected chi connectivity index (χ2v) is 5.26. The topological polar surface area (TPSA) is 63.8 Å². The molecule has 1 fully saturated rings. The van der Waals surface area contributed by atoms with Crippen molar-refractivity contribution in [2.75, 3.05) is 17.6 Å². The summed E-state index contributed by atoms with van der Waals surface area (Å²) < 4.78 is 26.2. The Labute approximate surface area is 121 Å². The van der Waals surface area contributed by atoms with E-state index >= 15 is 0 Å². The van der Waals surface area contributed by atoms with Crippen molar-refractivity contribution in [1.29, 1.82) is 0 Å². The first-order chi connectivity index (χ1) is 10.1. The molecule has 1 aliphatic carbocycles. The maximum absolute atomic E-state index is 13.1. The molecule has 0 atom stereocenters. The van der Waals surface area contributed by atoms with Crippen molar-refractivity contribution in [1.82, 2.24) is 9.97 Å². The largest absolute Gasteiger partial charge is 0.384 e. The van der Waals surface area contributed by atoms with Crippen LogP contribution >= 0.6 is 0 Å². The Hall–Kier alpha value is -2.24. The van der Waals surface area contributed by atoms with Gasteiger partial charge in [-0.15, -0.1) is 0 Å². The number of benzene rings is 1. The lowest BCUT2D eigenvalue weighted by Gasteiger charge is -2.08. The minimum atomic E-state index is -0.563. The number of nitrogen functional groups attached to an aromatic ring is 1. The van der Waals surface area contributed by atoms with Crippen LogP contribution in [-0.4, -0.2) is 16.5 Å². The number of hydrogen-bond donors (Lipinski definition) is 2. The monoisotopic (exact) mass is 290 g/mol. The molecular formula is C15H16F2N4. The molecule has 0 saturated heterocycles. The molecule has 3 rings (SSSR count). The average Bonchev–Trinajstić information content (AvgIpc) is 3.21. The maximum Gasteiger partial charge on any atom is 0.136 e. The number of rotatable bonds is 5. The van der Waals surface area contributed by atoms with Gasteiger partial charge < -0.3 is 11.1 Å². The number of nitrogens with one attached hydrogen (secondary N) is 1. The Morgan fingerprint density at radius 3 is 2.48 bits per heavy atom. The number of hydrogen-bond acceptors (Lipinski definition) is 4. The minimum absolute atomic E-state index is 0.423. The van der Waals surface area contributed by atoms with Crippen LogP contribution < -0.4 is 11.1 Å². The summed E-state index contributed by atoms with van der Waals surface area (Å²) in [5.41, 5.74) is 6.36. The zero-order valence-electron chi connectivity index (χ0n) is 11.4. The highest BCUT2D eigenvalue weighted by Gasteiger charge is 2.27. The molecular weight excluding hydrogens is 274 g/mol. The molecule has 1 aliphatic rings. The predicted octanol–water partition coefficient (Wildman–Crippen LogP) is 2.87. The van der Waals surface area contributed by atoms with E-state index in [9.17, 15) is 8.78 Å². The fourth-order valence-corrected chi connectivity index (χ4v) is 2.19. The van der Waals surface area contributed by atoms with Gasteiger partial charge in [0.15, 0.2) is 0 Å². The van der Waals surface area contributed by atoms with E-state index in [0.717, 1.165) is 24.7 Å². The lowest BCUT2D eigenvalue weighted by Crippen LogP contribution is -2.09. The molecule has 110 valence electrons. The number of nitrogens with two attached hydrogens (primary N) is 1. The highest BCUT2D eigenvalue weighted by Crippen LogP contribution is 2.38. The number of halogens is 2. The second-order valence-electron chi connectivity index (χ2n) is 5.26. The quantitative estimate of drug-likeness (QED) is 0.888. The summed E-state index contributed by atoms with van der Waals surface area (Å²) in [7, 11) is 0. The highest BCUT2D eigenvalue weighted by molar-refractivity contribution is 5.45. The summed E-state index contributed by atoms with van der Waals surface area (Å²) in [6, 6.07) is 5.19. The summed E-state index contributed by atoms with van der Waals surface area (Å²) >= 11 is 0. The van der Waals surface area contributed by atoms with Gasteiger partial charge in [-0.3, -0.25) is 0 Å². The van der Waals surface area contributed by atoms with Crippen molar-refractivity contribution >= 4 is 11.6 Å². The van der Waals surface area contributed by atoms with Gasteiger partial charge in [0.1, 0.15) is 29.1 Å². The third kappa shape index (κ3) is 3.65. The third-order valence-electron chi connectivity index (χ3n) is 3.35. The zero-order valence-corrected chi connectivity index (χ0v) is 11.4. The van der Waals surface area contributed by atoms with Crippen molar-refractivity contribution in [3.8, 4) is 0 Å². The second kappa shape index (κ2) is 5.63. The molecule has 2 aromatic rings. The highest BCUT2D eigenvalue weighted by atomic mass is 19.1. The van der Waals surface area contributed by atoms with E-state index in [1.165, 1.54) is 12.1 Å². The van der Waals surface area contributed by atoms with E-state index in [1.54, 1.807) is 6.07 Å². The molecule has 6 heteroatoms. The van der Waals surface area contributed by atoms with Crippen LogP contribution in [0.5, 0.6) is 0 Å². The van der Waals surface area contributed by atoms with Gasteiger partial charge in [-0.2, -0.15) is 0 Å². The Morgan fingerprint density at radius 2 is 1.81 bits per heavy atom. The van der Waals surface area contributed by atoms with Crippen molar-refractivity contribution in [3.63, 3.8) is 0 Å². The Balaban J connectivity index is 1.62. The fourth-order valence-electron chi connectivity index (χ4n) is 2.19. The van der Waals surface area contributed by atoms with Crippen molar-refractivity contribution < 1.29 is 8.78 Å². The molecule has 3 N–H and O–H groups in total. The summed E-state index contributed by atoms with van der Waals surface area (Å²) in [4.78, 5) is 8.62. The molecule has 1 aromatic carbocycles. The first-order valence-corrected chi connectivity index (χ1v) is 6.93. The standard InChI is InChI=1S/C15H16F2N4/c16-11-5-9(6-12(17)7-11)3-4-19-14-8-13(18)20-15(21-14)10-1-2-10/h5-8,10H,1-4H2,(H3,18,19,20,21). The van der Waals surface area contributed by atoms with Crippen LogP contribution in [0.2, 0.25) is 0 Å². The van der Waals surface area contributed by atoms with Crippen LogP contribution in [0.25, 0.3) is 0 Å². The van der Waals surface area contributed by atoms with E-state index in [2.05, 4.69) is 15.3 Å². The minimum Gasteiger partial charge on any atom is -0.384 e. The summed E-state index contributed by atoms with van der Waals surface area (Å²) in [5, 5.41) is 3.12. The number of aromatic nitrogens is 2. The molecule has 0 unspecified atom stereocenters. The molecule has 0 bridgehead atoms. The van der Waals surface area contributed by atoms with Gasteiger partial charge in [0.05, 0.1) is 0 Å². The normalized spacial score (nSPS) is 14.2. The molecule has 1 heterocycles.